The molecule has 0 atom stereocenters. The van der Waals surface area contributed by atoms with E-state index in [1.807, 2.05) is 6.21 Å². The molecule has 0 radical (unpaired) electrons. The number of likely N-dealkylation sites (N-methyl/N-ethyl adjacent to an activating group) is 1. The Balaban J connectivity index is 1.53. The van der Waals surface area contributed by atoms with Crippen LogP contribution in [0.15, 0.2) is 89.7 Å². The molecule has 27 heavy (non-hydrogen) atoms. The maximum atomic E-state index is 4.48. The Kier molecular flexibility index (Phi) is 4.75. The van der Waals surface area contributed by atoms with Crippen LogP contribution in [0.1, 0.15) is 17.5 Å². The van der Waals surface area contributed by atoms with Crippen LogP contribution in [-0.4, -0.2) is 25.2 Å². The summed E-state index contributed by atoms with van der Waals surface area (Å²) in [5.74, 6) is 0. The van der Waals surface area contributed by atoms with Crippen molar-refractivity contribution in [2.45, 2.75) is 6.42 Å². The first-order valence-electron chi connectivity index (χ1n) is 9.16. The first-order chi connectivity index (χ1) is 13.2. The van der Waals surface area contributed by atoms with E-state index in [9.17, 15) is 0 Å². The molecule has 3 aromatic rings. The minimum atomic E-state index is 0.955. The molecule has 0 heterocycles. The van der Waals surface area contributed by atoms with E-state index in [2.05, 4.69) is 108 Å². The van der Waals surface area contributed by atoms with Gasteiger partial charge in [0.15, 0.2) is 0 Å². The highest BCUT2D eigenvalue weighted by Crippen LogP contribution is 2.29. The molecule has 0 spiro atoms. The number of hydrazone groups is 1. The van der Waals surface area contributed by atoms with Crippen LogP contribution in [0.4, 0.5) is 5.69 Å². The molecule has 3 nitrogen and oxygen atoms in total. The first-order valence-corrected chi connectivity index (χ1v) is 9.16. The average Bonchev–Trinajstić information content (AvgIpc) is 3.19. The van der Waals surface area contributed by atoms with E-state index in [1.54, 1.807) is 0 Å². The van der Waals surface area contributed by atoms with Crippen LogP contribution < -0.4 is 5.43 Å². The van der Waals surface area contributed by atoms with E-state index in [4.69, 9.17) is 0 Å². The molecule has 3 aromatic carbocycles. The van der Waals surface area contributed by atoms with Gasteiger partial charge in [-0.2, -0.15) is 5.10 Å². The van der Waals surface area contributed by atoms with E-state index in [0.717, 1.165) is 17.7 Å². The summed E-state index contributed by atoms with van der Waals surface area (Å²) in [6, 6.07) is 23.0. The fourth-order valence-corrected chi connectivity index (χ4v) is 3.35. The van der Waals surface area contributed by atoms with Crippen molar-refractivity contribution in [1.82, 2.24) is 4.90 Å². The highest BCUT2D eigenvalue weighted by molar-refractivity contribution is 5.90. The van der Waals surface area contributed by atoms with Gasteiger partial charge in [0.1, 0.15) is 0 Å². The summed E-state index contributed by atoms with van der Waals surface area (Å²) in [7, 11) is 4.15. The van der Waals surface area contributed by atoms with Crippen molar-refractivity contribution in [3.63, 3.8) is 0 Å². The Hall–Kier alpha value is -3.33. The lowest BCUT2D eigenvalue weighted by Crippen LogP contribution is -2.07. The van der Waals surface area contributed by atoms with Crippen molar-refractivity contribution in [3.8, 4) is 0 Å². The number of allylic oxidation sites excluding steroid dienone is 3. The third-order valence-electron chi connectivity index (χ3n) is 4.82. The van der Waals surface area contributed by atoms with Gasteiger partial charge in [-0.1, -0.05) is 60.7 Å². The highest BCUT2D eigenvalue weighted by atomic mass is 15.3. The minimum absolute atomic E-state index is 0.955. The second-order valence-corrected chi connectivity index (χ2v) is 6.92. The van der Waals surface area contributed by atoms with Crippen LogP contribution in [0.5, 0.6) is 0 Å². The second kappa shape index (κ2) is 7.50. The van der Waals surface area contributed by atoms with Crippen molar-refractivity contribution >= 4 is 28.2 Å². The van der Waals surface area contributed by atoms with Crippen molar-refractivity contribution in [3.05, 3.63) is 95.7 Å². The van der Waals surface area contributed by atoms with Gasteiger partial charge in [0.25, 0.3) is 0 Å². The summed E-state index contributed by atoms with van der Waals surface area (Å²) in [5.41, 5.74) is 9.07. The molecule has 0 fully saturated rings. The number of rotatable bonds is 5. The summed E-state index contributed by atoms with van der Waals surface area (Å²) in [5, 5.41) is 6.91. The largest absolute Gasteiger partial charge is 0.378 e. The number of nitrogens with zero attached hydrogens (tertiary/aromatic N) is 2. The van der Waals surface area contributed by atoms with Gasteiger partial charge in [-0.25, -0.2) is 0 Å². The minimum Gasteiger partial charge on any atom is -0.378 e. The van der Waals surface area contributed by atoms with Crippen molar-refractivity contribution in [2.75, 3.05) is 19.5 Å². The van der Waals surface area contributed by atoms with Gasteiger partial charge in [0.05, 0.1) is 11.9 Å². The predicted molar refractivity (Wildman–Crippen MR) is 116 cm³/mol. The van der Waals surface area contributed by atoms with Crippen molar-refractivity contribution in [2.24, 2.45) is 5.10 Å². The zero-order valence-electron chi connectivity index (χ0n) is 15.7. The SMILES string of the molecule is CN(C)C1=CCC(c2ccccc2/C=N/Nc2ccc3ccccc3c2)=C1. The maximum Gasteiger partial charge on any atom is 0.0568 e. The third-order valence-corrected chi connectivity index (χ3v) is 4.82. The average molecular weight is 353 g/mol. The fourth-order valence-electron chi connectivity index (χ4n) is 3.35. The first kappa shape index (κ1) is 17.1. The zero-order chi connectivity index (χ0) is 18.6. The summed E-state index contributed by atoms with van der Waals surface area (Å²) < 4.78 is 0. The monoisotopic (exact) mass is 353 g/mol. The normalized spacial score (nSPS) is 13.7. The molecule has 134 valence electrons. The lowest BCUT2D eigenvalue weighted by molar-refractivity contribution is 0.531. The molecule has 0 saturated heterocycles. The lowest BCUT2D eigenvalue weighted by atomic mass is 10.00. The molecule has 0 amide bonds. The molecule has 4 rings (SSSR count). The molecular weight excluding hydrogens is 330 g/mol. The molecule has 0 unspecified atom stereocenters. The predicted octanol–water partition coefficient (Wildman–Crippen LogP) is 5.52. The molecule has 1 aliphatic carbocycles. The van der Waals surface area contributed by atoms with Gasteiger partial charge in [-0.3, -0.25) is 5.43 Å². The quantitative estimate of drug-likeness (QED) is 0.483. The van der Waals surface area contributed by atoms with E-state index < -0.39 is 0 Å². The van der Waals surface area contributed by atoms with Crippen molar-refractivity contribution in [1.29, 1.82) is 0 Å². The molecule has 3 heteroatoms. The van der Waals surface area contributed by atoms with Crippen LogP contribution in [0.2, 0.25) is 0 Å². The molecule has 0 aromatic heterocycles. The van der Waals surface area contributed by atoms with Crippen LogP contribution in [0.25, 0.3) is 16.3 Å². The van der Waals surface area contributed by atoms with Crippen LogP contribution in [0.3, 0.4) is 0 Å². The van der Waals surface area contributed by atoms with E-state index in [0.29, 0.717) is 0 Å². The fraction of sp³-hybridized carbons (Fsp3) is 0.125. The maximum absolute atomic E-state index is 4.48. The number of fused-ring (bicyclic) bond motifs is 1. The summed E-state index contributed by atoms with van der Waals surface area (Å²) in [6.07, 6.45) is 7.37. The molecule has 1 aliphatic rings. The highest BCUT2D eigenvalue weighted by Gasteiger charge is 2.12. The Bertz CT molecular complexity index is 1060. The number of anilines is 1. The zero-order valence-corrected chi connectivity index (χ0v) is 15.7. The van der Waals surface area contributed by atoms with Crippen LogP contribution in [0, 0.1) is 0 Å². The Morgan fingerprint density at radius 1 is 0.926 bits per heavy atom. The third kappa shape index (κ3) is 3.77. The van der Waals surface area contributed by atoms with Crippen LogP contribution in [-0.2, 0) is 0 Å². The molecular formula is C24H23N3. The van der Waals surface area contributed by atoms with Gasteiger partial charge >= 0.3 is 0 Å². The standard InChI is InChI=1S/C24H23N3/c1-27(2)23-14-12-20(16-23)24-10-6-5-9-21(24)17-25-26-22-13-11-18-7-3-4-8-19(18)15-22/h3-11,13-17,26H,12H2,1-2H3/b25-17+. The number of nitrogens with one attached hydrogen (secondary N) is 1. The van der Waals surface area contributed by atoms with Gasteiger partial charge in [0, 0.05) is 25.4 Å². The smallest absolute Gasteiger partial charge is 0.0568 e. The van der Waals surface area contributed by atoms with Gasteiger partial charge < -0.3 is 4.90 Å². The van der Waals surface area contributed by atoms with Gasteiger partial charge in [-0.15, -0.1) is 0 Å². The summed E-state index contributed by atoms with van der Waals surface area (Å²) in [6.45, 7) is 0. The molecule has 0 bridgehead atoms. The van der Waals surface area contributed by atoms with Crippen LogP contribution >= 0.6 is 0 Å². The van der Waals surface area contributed by atoms with Crippen molar-refractivity contribution < 1.29 is 0 Å². The second-order valence-electron chi connectivity index (χ2n) is 6.92. The molecule has 0 aliphatic heterocycles. The van der Waals surface area contributed by atoms with E-state index >= 15 is 0 Å². The van der Waals surface area contributed by atoms with Gasteiger partial charge in [0.2, 0.25) is 0 Å². The number of hydrogen-bond acceptors (Lipinski definition) is 3. The number of benzene rings is 3. The van der Waals surface area contributed by atoms with E-state index in [1.165, 1.54) is 27.6 Å². The summed E-state index contributed by atoms with van der Waals surface area (Å²) in [4.78, 5) is 2.14. The Morgan fingerprint density at radius 3 is 2.52 bits per heavy atom. The molecule has 0 saturated carbocycles. The topological polar surface area (TPSA) is 27.6 Å². The Labute approximate surface area is 160 Å². The number of hydrogen-bond donors (Lipinski definition) is 1. The van der Waals surface area contributed by atoms with E-state index in [-0.39, 0.29) is 0 Å². The lowest BCUT2D eigenvalue weighted by Gasteiger charge is -2.11. The van der Waals surface area contributed by atoms with Gasteiger partial charge in [-0.05, 0) is 46.5 Å². The molecule has 1 N–H and O–H groups in total. The summed E-state index contributed by atoms with van der Waals surface area (Å²) >= 11 is 0. The Morgan fingerprint density at radius 2 is 1.70 bits per heavy atom.